The zero-order valence-electron chi connectivity index (χ0n) is 19.5. The number of nitrogens with one attached hydrogen (secondary N) is 3. The summed E-state index contributed by atoms with van der Waals surface area (Å²) in [7, 11) is 1.76. The monoisotopic (exact) mass is 481 g/mol. The van der Waals surface area contributed by atoms with Gasteiger partial charge in [0.1, 0.15) is 36.2 Å². The van der Waals surface area contributed by atoms with E-state index in [2.05, 4.69) is 31.2 Å². The van der Waals surface area contributed by atoms with Gasteiger partial charge in [-0.05, 0) is 37.5 Å². The number of amides is 1. The molecule has 2 saturated carbocycles. The Labute approximate surface area is 201 Å². The van der Waals surface area contributed by atoms with E-state index in [0.29, 0.717) is 65.1 Å². The fourth-order valence-corrected chi connectivity index (χ4v) is 4.31. The molecule has 35 heavy (non-hydrogen) atoms. The van der Waals surface area contributed by atoms with Gasteiger partial charge in [0.15, 0.2) is 17.1 Å². The number of ether oxygens (including phenoxy) is 2. The molecule has 2 aliphatic carbocycles. The lowest BCUT2D eigenvalue weighted by atomic mass is 10.2. The van der Waals surface area contributed by atoms with Crippen molar-refractivity contribution in [2.24, 2.45) is 11.8 Å². The van der Waals surface area contributed by atoms with Crippen LogP contribution in [0.5, 0.6) is 11.5 Å². The Morgan fingerprint density at radius 2 is 1.89 bits per heavy atom. The molecule has 1 aromatic carbocycles. The van der Waals surface area contributed by atoms with Crippen LogP contribution in [0.15, 0.2) is 24.4 Å². The molecule has 0 spiro atoms. The average molecular weight is 482 g/mol. The molecule has 2 fully saturated rings. The van der Waals surface area contributed by atoms with Crippen molar-refractivity contribution in [2.75, 3.05) is 44.0 Å². The predicted molar refractivity (Wildman–Crippen MR) is 128 cm³/mol. The van der Waals surface area contributed by atoms with Crippen molar-refractivity contribution < 1.29 is 18.7 Å². The Morgan fingerprint density at radius 1 is 1.14 bits per heavy atom. The van der Waals surface area contributed by atoms with Crippen LogP contribution in [0.25, 0.3) is 5.65 Å². The predicted octanol–water partition coefficient (Wildman–Crippen LogP) is 3.19. The normalized spacial score (nSPS) is 17.0. The van der Waals surface area contributed by atoms with Crippen molar-refractivity contribution in [3.8, 4) is 11.5 Å². The van der Waals surface area contributed by atoms with Crippen LogP contribution in [-0.4, -0.2) is 58.9 Å². The second-order valence-electron chi connectivity index (χ2n) is 9.41. The largest absolute Gasteiger partial charge is 0.486 e. The molecule has 184 valence electrons. The average Bonchev–Trinajstić information content (AvgIpc) is 3.78. The molecule has 1 aliphatic heterocycles. The van der Waals surface area contributed by atoms with Crippen LogP contribution < -0.4 is 25.5 Å². The van der Waals surface area contributed by atoms with Crippen LogP contribution in [0, 0.1) is 17.7 Å². The Hall–Kier alpha value is -3.60. The maximum absolute atomic E-state index is 14.2. The summed E-state index contributed by atoms with van der Waals surface area (Å²) in [5.74, 6) is 2.41. The number of fused-ring (bicyclic) bond motifs is 2. The van der Waals surface area contributed by atoms with Gasteiger partial charge >= 0.3 is 0 Å². The van der Waals surface area contributed by atoms with Crippen molar-refractivity contribution in [2.45, 2.75) is 25.7 Å². The van der Waals surface area contributed by atoms with E-state index in [0.717, 1.165) is 13.1 Å². The van der Waals surface area contributed by atoms with E-state index in [1.165, 1.54) is 44.0 Å². The van der Waals surface area contributed by atoms with Crippen molar-refractivity contribution in [3.63, 3.8) is 0 Å². The molecular formula is C24H28FN7O3. The molecule has 3 aromatic rings. The van der Waals surface area contributed by atoms with E-state index in [-0.39, 0.29) is 5.91 Å². The third-order valence-electron chi connectivity index (χ3n) is 6.45. The molecule has 0 radical (unpaired) electrons. The second kappa shape index (κ2) is 8.88. The summed E-state index contributed by atoms with van der Waals surface area (Å²) in [6.45, 7) is 2.47. The van der Waals surface area contributed by atoms with Gasteiger partial charge in [-0.25, -0.2) is 14.4 Å². The summed E-state index contributed by atoms with van der Waals surface area (Å²) in [6.07, 6.45) is 6.39. The van der Waals surface area contributed by atoms with Crippen LogP contribution in [-0.2, 0) is 0 Å². The number of carbonyl (C=O) groups excluding carboxylic acids is 1. The Bertz CT molecular complexity index is 1260. The van der Waals surface area contributed by atoms with E-state index in [1.807, 2.05) is 0 Å². The van der Waals surface area contributed by atoms with Gasteiger partial charge in [-0.1, -0.05) is 0 Å². The lowest BCUT2D eigenvalue weighted by Crippen LogP contribution is -2.44. The molecule has 1 amide bonds. The number of benzene rings is 1. The highest BCUT2D eigenvalue weighted by Crippen LogP contribution is 2.40. The molecule has 3 heterocycles. The van der Waals surface area contributed by atoms with Crippen LogP contribution in [0.1, 0.15) is 36.0 Å². The molecule has 0 saturated heterocycles. The van der Waals surface area contributed by atoms with E-state index < -0.39 is 5.82 Å². The highest BCUT2D eigenvalue weighted by Gasteiger charge is 2.31. The minimum absolute atomic E-state index is 0.243. The topological polar surface area (TPSA) is 105 Å². The summed E-state index contributed by atoms with van der Waals surface area (Å²) in [4.78, 5) is 17.9. The van der Waals surface area contributed by atoms with Gasteiger partial charge in [0.25, 0.3) is 5.91 Å². The summed E-state index contributed by atoms with van der Waals surface area (Å²) in [5, 5.41) is 12.6. The lowest BCUT2D eigenvalue weighted by Gasteiger charge is -2.23. The van der Waals surface area contributed by atoms with E-state index in [1.54, 1.807) is 17.6 Å². The molecule has 3 N–H and O–H groups in total. The summed E-state index contributed by atoms with van der Waals surface area (Å²) >= 11 is 0. The number of hydrogen-bond acceptors (Lipinski definition) is 8. The number of halogens is 1. The highest BCUT2D eigenvalue weighted by molar-refractivity contribution is 5.99. The summed E-state index contributed by atoms with van der Waals surface area (Å²) in [6, 6.07) is 4.36. The molecule has 3 aliphatic rings. The zero-order chi connectivity index (χ0) is 23.9. The van der Waals surface area contributed by atoms with E-state index in [9.17, 15) is 9.18 Å². The minimum atomic E-state index is -0.456. The van der Waals surface area contributed by atoms with Crippen molar-refractivity contribution in [1.29, 1.82) is 0 Å². The maximum Gasteiger partial charge on any atom is 0.271 e. The molecule has 0 atom stereocenters. The van der Waals surface area contributed by atoms with Gasteiger partial charge in [0, 0.05) is 38.3 Å². The summed E-state index contributed by atoms with van der Waals surface area (Å²) < 4.78 is 27.0. The Morgan fingerprint density at radius 3 is 2.60 bits per heavy atom. The van der Waals surface area contributed by atoms with Crippen LogP contribution in [0.4, 0.5) is 21.7 Å². The first-order valence-electron chi connectivity index (χ1n) is 12.1. The summed E-state index contributed by atoms with van der Waals surface area (Å²) in [5.41, 5.74) is 4.23. The molecular weight excluding hydrogens is 453 g/mol. The molecule has 11 heteroatoms. The number of hydrogen-bond donors (Lipinski definition) is 3. The molecule has 6 rings (SSSR count). The van der Waals surface area contributed by atoms with Crippen LogP contribution in [0.2, 0.25) is 0 Å². The minimum Gasteiger partial charge on any atom is -0.486 e. The smallest absolute Gasteiger partial charge is 0.271 e. The van der Waals surface area contributed by atoms with Crippen molar-refractivity contribution >= 4 is 28.9 Å². The van der Waals surface area contributed by atoms with Gasteiger partial charge in [-0.15, -0.1) is 0 Å². The van der Waals surface area contributed by atoms with Crippen molar-refractivity contribution in [1.82, 2.24) is 25.0 Å². The molecule has 0 unspecified atom stereocenters. The standard InChI is InChI=1S/C24H28FN7O3/c1-26-21-10-20(28-18-8-16(25)9-19-22(18)35-7-6-34-19)29-23-17(11-27-32(21)23)24(33)30-31(12-14-2-3-14)13-15-4-5-15/h8-11,14-15,26H,2-7,12-13H2,1H3,(H,28,29)(H,30,33). The number of rotatable bonds is 9. The fourth-order valence-electron chi connectivity index (χ4n) is 4.31. The van der Waals surface area contributed by atoms with Gasteiger partial charge in [-0.3, -0.25) is 10.2 Å². The zero-order valence-corrected chi connectivity index (χ0v) is 19.5. The number of aromatic nitrogens is 3. The first-order valence-corrected chi connectivity index (χ1v) is 12.1. The third-order valence-corrected chi connectivity index (χ3v) is 6.45. The molecule has 0 bridgehead atoms. The Kier molecular flexibility index (Phi) is 5.56. The number of hydrazine groups is 1. The van der Waals surface area contributed by atoms with Gasteiger partial charge in [0.05, 0.1) is 11.9 Å². The number of nitrogens with zero attached hydrogens (tertiary/aromatic N) is 4. The first kappa shape index (κ1) is 21.9. The first-order chi connectivity index (χ1) is 17.1. The maximum atomic E-state index is 14.2. The van der Waals surface area contributed by atoms with Gasteiger partial charge in [-0.2, -0.15) is 9.61 Å². The number of anilines is 3. The quantitative estimate of drug-likeness (QED) is 0.400. The lowest BCUT2D eigenvalue weighted by molar-refractivity contribution is 0.0771. The molecule has 10 nitrogen and oxygen atoms in total. The van der Waals surface area contributed by atoms with Gasteiger partial charge in [0.2, 0.25) is 0 Å². The van der Waals surface area contributed by atoms with E-state index in [4.69, 9.17) is 9.47 Å². The van der Waals surface area contributed by atoms with Crippen molar-refractivity contribution in [3.05, 3.63) is 35.8 Å². The van der Waals surface area contributed by atoms with E-state index >= 15 is 0 Å². The van der Waals surface area contributed by atoms with Gasteiger partial charge < -0.3 is 20.1 Å². The second-order valence-corrected chi connectivity index (χ2v) is 9.41. The SMILES string of the molecule is CNc1cc(Nc2cc(F)cc3c2OCCO3)nc2c(C(=O)NN(CC3CC3)CC3CC3)cnn12. The Balaban J connectivity index is 1.30. The third kappa shape index (κ3) is 4.68. The van der Waals surface area contributed by atoms with Crippen LogP contribution in [0.3, 0.4) is 0 Å². The number of carbonyl (C=O) groups is 1. The highest BCUT2D eigenvalue weighted by atomic mass is 19.1. The fraction of sp³-hybridized carbons (Fsp3) is 0.458. The molecule has 2 aromatic heterocycles. The van der Waals surface area contributed by atoms with Crippen LogP contribution >= 0.6 is 0 Å².